The Balaban J connectivity index is 0.00000625. The fourth-order valence-corrected chi connectivity index (χ4v) is 3.21. The molecule has 150 valence electrons. The van der Waals surface area contributed by atoms with Crippen LogP contribution in [-0.2, 0) is 22.3 Å². The standard InChI is InChI=1S/C18H32N4O2S.HI/c1-5-6-7-8-15(2)22-18(19-3)21-13-16-9-11-17(12-10-16)14-25(23,24)20-4;/h9-12,15,20H,5-8,13-14H2,1-4H3,(H2,19,21,22);1H. The molecule has 1 atom stereocenters. The van der Waals surface area contributed by atoms with E-state index in [0.29, 0.717) is 12.6 Å². The third kappa shape index (κ3) is 10.3. The zero-order valence-corrected chi connectivity index (χ0v) is 19.4. The lowest BCUT2D eigenvalue weighted by Crippen LogP contribution is -2.41. The van der Waals surface area contributed by atoms with Crippen LogP contribution in [-0.4, -0.2) is 34.5 Å². The first-order chi connectivity index (χ1) is 11.9. The van der Waals surface area contributed by atoms with E-state index in [-0.39, 0.29) is 29.7 Å². The molecule has 0 fully saturated rings. The average Bonchev–Trinajstić information content (AvgIpc) is 2.59. The second kappa shape index (κ2) is 13.3. The van der Waals surface area contributed by atoms with Gasteiger partial charge in [0.2, 0.25) is 10.0 Å². The van der Waals surface area contributed by atoms with Gasteiger partial charge in [0.25, 0.3) is 0 Å². The minimum atomic E-state index is -3.23. The zero-order valence-electron chi connectivity index (χ0n) is 16.2. The summed E-state index contributed by atoms with van der Waals surface area (Å²) in [7, 11) is -0.0433. The van der Waals surface area contributed by atoms with Crippen LogP contribution in [0.25, 0.3) is 0 Å². The minimum Gasteiger partial charge on any atom is -0.354 e. The number of aliphatic imine (C=N–C) groups is 1. The molecular weight excluding hydrogens is 463 g/mol. The lowest BCUT2D eigenvalue weighted by atomic mass is 10.1. The fraction of sp³-hybridized carbons (Fsp3) is 0.611. The summed E-state index contributed by atoms with van der Waals surface area (Å²) in [5, 5.41) is 6.69. The molecule has 6 nitrogen and oxygen atoms in total. The topological polar surface area (TPSA) is 82.6 Å². The van der Waals surface area contributed by atoms with Crippen molar-refractivity contribution in [1.29, 1.82) is 0 Å². The number of rotatable bonds is 10. The molecule has 0 spiro atoms. The van der Waals surface area contributed by atoms with Crippen molar-refractivity contribution in [2.75, 3.05) is 14.1 Å². The van der Waals surface area contributed by atoms with E-state index in [1.165, 1.54) is 26.3 Å². The molecule has 0 radical (unpaired) electrons. The highest BCUT2D eigenvalue weighted by molar-refractivity contribution is 14.0. The third-order valence-corrected chi connectivity index (χ3v) is 5.33. The largest absolute Gasteiger partial charge is 0.354 e. The highest BCUT2D eigenvalue weighted by Crippen LogP contribution is 2.08. The summed E-state index contributed by atoms with van der Waals surface area (Å²) in [6.45, 7) is 5.01. The Morgan fingerprint density at radius 1 is 1.15 bits per heavy atom. The summed E-state index contributed by atoms with van der Waals surface area (Å²) < 4.78 is 25.4. The number of nitrogens with zero attached hydrogens (tertiary/aromatic N) is 1. The molecule has 0 aromatic heterocycles. The number of sulfonamides is 1. The first-order valence-corrected chi connectivity index (χ1v) is 10.5. The molecule has 1 rings (SSSR count). The summed E-state index contributed by atoms with van der Waals surface area (Å²) in [5.41, 5.74) is 1.84. The van der Waals surface area contributed by atoms with E-state index in [9.17, 15) is 8.42 Å². The van der Waals surface area contributed by atoms with Gasteiger partial charge in [-0.1, -0.05) is 50.5 Å². The maximum atomic E-state index is 11.6. The monoisotopic (exact) mass is 496 g/mol. The Morgan fingerprint density at radius 3 is 2.31 bits per heavy atom. The highest BCUT2D eigenvalue weighted by atomic mass is 127. The van der Waals surface area contributed by atoms with Crippen molar-refractivity contribution in [1.82, 2.24) is 15.4 Å². The maximum Gasteiger partial charge on any atom is 0.215 e. The minimum absolute atomic E-state index is 0. The Morgan fingerprint density at radius 2 is 1.77 bits per heavy atom. The number of nitrogens with one attached hydrogen (secondary N) is 3. The first kappa shape index (κ1) is 25.1. The van der Waals surface area contributed by atoms with Crippen molar-refractivity contribution >= 4 is 40.0 Å². The van der Waals surface area contributed by atoms with Crippen LogP contribution in [0.3, 0.4) is 0 Å². The zero-order chi connectivity index (χ0) is 18.7. The van der Waals surface area contributed by atoms with Crippen molar-refractivity contribution in [3.8, 4) is 0 Å². The molecule has 0 saturated carbocycles. The molecule has 0 saturated heterocycles. The van der Waals surface area contributed by atoms with Crippen LogP contribution < -0.4 is 15.4 Å². The van der Waals surface area contributed by atoms with E-state index in [4.69, 9.17) is 0 Å². The fourth-order valence-electron chi connectivity index (χ4n) is 2.43. The summed E-state index contributed by atoms with van der Waals surface area (Å²) in [6.07, 6.45) is 4.83. The van der Waals surface area contributed by atoms with Gasteiger partial charge in [-0.25, -0.2) is 13.1 Å². The molecule has 0 bridgehead atoms. The number of unbranched alkanes of at least 4 members (excludes halogenated alkanes) is 2. The second-order valence-corrected chi connectivity index (χ2v) is 8.17. The Kier molecular flexibility index (Phi) is 12.9. The number of guanidine groups is 1. The van der Waals surface area contributed by atoms with E-state index in [2.05, 4.69) is 34.2 Å². The number of halogens is 1. The number of hydrogen-bond acceptors (Lipinski definition) is 3. The van der Waals surface area contributed by atoms with Crippen LogP contribution in [0.4, 0.5) is 0 Å². The lowest BCUT2D eigenvalue weighted by Gasteiger charge is -2.18. The molecular formula is C18H33IN4O2S. The van der Waals surface area contributed by atoms with E-state index < -0.39 is 10.0 Å². The summed E-state index contributed by atoms with van der Waals surface area (Å²) in [5.74, 6) is 0.779. The molecule has 0 aliphatic rings. The van der Waals surface area contributed by atoms with Crippen molar-refractivity contribution in [2.24, 2.45) is 4.99 Å². The number of benzene rings is 1. The molecule has 0 aliphatic carbocycles. The quantitative estimate of drug-likeness (QED) is 0.201. The van der Waals surface area contributed by atoms with Gasteiger partial charge < -0.3 is 10.6 Å². The molecule has 3 N–H and O–H groups in total. The van der Waals surface area contributed by atoms with Crippen LogP contribution >= 0.6 is 24.0 Å². The number of hydrogen-bond donors (Lipinski definition) is 3. The van der Waals surface area contributed by atoms with Gasteiger partial charge in [0, 0.05) is 19.6 Å². The van der Waals surface area contributed by atoms with Crippen LogP contribution in [0, 0.1) is 0 Å². The van der Waals surface area contributed by atoms with Crippen molar-refractivity contribution in [2.45, 2.75) is 57.9 Å². The van der Waals surface area contributed by atoms with Gasteiger partial charge in [-0.2, -0.15) is 0 Å². The molecule has 1 unspecified atom stereocenters. The summed E-state index contributed by atoms with van der Waals surface area (Å²) in [4.78, 5) is 4.26. The Labute approximate surface area is 175 Å². The van der Waals surface area contributed by atoms with Crippen LogP contribution in [0.1, 0.15) is 50.7 Å². The summed E-state index contributed by atoms with van der Waals surface area (Å²) >= 11 is 0. The van der Waals surface area contributed by atoms with Crippen molar-refractivity contribution in [3.05, 3.63) is 35.4 Å². The molecule has 0 heterocycles. The SMILES string of the molecule is CCCCCC(C)NC(=NC)NCc1ccc(CS(=O)(=O)NC)cc1.I. The van der Waals surface area contributed by atoms with E-state index in [1.807, 2.05) is 24.3 Å². The van der Waals surface area contributed by atoms with Crippen LogP contribution in [0.2, 0.25) is 0 Å². The predicted octanol–water partition coefficient (Wildman–Crippen LogP) is 2.99. The van der Waals surface area contributed by atoms with Gasteiger partial charge in [0.05, 0.1) is 5.75 Å². The lowest BCUT2D eigenvalue weighted by molar-refractivity contribution is 0.546. The maximum absolute atomic E-state index is 11.6. The first-order valence-electron chi connectivity index (χ1n) is 8.86. The van der Waals surface area contributed by atoms with Crippen molar-refractivity contribution in [3.63, 3.8) is 0 Å². The molecule has 26 heavy (non-hydrogen) atoms. The van der Waals surface area contributed by atoms with Crippen molar-refractivity contribution < 1.29 is 8.42 Å². The summed E-state index contributed by atoms with van der Waals surface area (Å²) in [6, 6.07) is 7.94. The van der Waals surface area contributed by atoms with E-state index in [1.54, 1.807) is 7.05 Å². The molecule has 1 aromatic carbocycles. The van der Waals surface area contributed by atoms with Gasteiger partial charge in [-0.3, -0.25) is 4.99 Å². The molecule has 1 aromatic rings. The Bertz CT molecular complexity index is 633. The second-order valence-electron chi connectivity index (χ2n) is 6.25. The van der Waals surface area contributed by atoms with Gasteiger partial charge in [0.1, 0.15) is 0 Å². The highest BCUT2D eigenvalue weighted by Gasteiger charge is 2.08. The van der Waals surface area contributed by atoms with Gasteiger partial charge >= 0.3 is 0 Å². The van der Waals surface area contributed by atoms with Crippen LogP contribution in [0.15, 0.2) is 29.3 Å². The van der Waals surface area contributed by atoms with Gasteiger partial charge in [-0.05, 0) is 31.5 Å². The van der Waals surface area contributed by atoms with Gasteiger partial charge in [-0.15, -0.1) is 24.0 Å². The normalized spacial score (nSPS) is 13.0. The van der Waals surface area contributed by atoms with Crippen LogP contribution in [0.5, 0.6) is 0 Å². The third-order valence-electron chi connectivity index (χ3n) is 4.00. The predicted molar refractivity (Wildman–Crippen MR) is 120 cm³/mol. The van der Waals surface area contributed by atoms with E-state index in [0.717, 1.165) is 23.5 Å². The molecule has 8 heteroatoms. The van der Waals surface area contributed by atoms with Gasteiger partial charge in [0.15, 0.2) is 5.96 Å². The molecule has 0 aliphatic heterocycles. The average molecular weight is 496 g/mol. The Hall–Kier alpha value is -0.870. The molecule has 0 amide bonds. The van der Waals surface area contributed by atoms with E-state index >= 15 is 0 Å². The smallest absolute Gasteiger partial charge is 0.215 e.